The van der Waals surface area contributed by atoms with Crippen molar-refractivity contribution in [2.24, 2.45) is 0 Å². The van der Waals surface area contributed by atoms with Gasteiger partial charge in [-0.2, -0.15) is 0 Å². The lowest BCUT2D eigenvalue weighted by molar-refractivity contribution is -0.118. The third-order valence-electron chi connectivity index (χ3n) is 4.72. The Balaban J connectivity index is 1.61. The Labute approximate surface area is 163 Å². The van der Waals surface area contributed by atoms with E-state index in [-0.39, 0.29) is 17.7 Å². The predicted molar refractivity (Wildman–Crippen MR) is 105 cm³/mol. The summed E-state index contributed by atoms with van der Waals surface area (Å²) in [6.07, 6.45) is 2.76. The van der Waals surface area contributed by atoms with Gasteiger partial charge in [0, 0.05) is 49.8 Å². The Kier molecular flexibility index (Phi) is 6.45. The molecular weight excluding hydrogens is 362 g/mol. The van der Waals surface area contributed by atoms with Crippen LogP contribution in [0.5, 0.6) is 5.75 Å². The number of methoxy groups -OCH3 is 1. The minimum Gasteiger partial charge on any atom is -0.497 e. The standard InChI is InChI=1S/C20H25N3O3S/c1-14(24)21-10-9-17-13-27-19(22-17)16-4-3-11-23(12-16)20(25)15-5-7-18(26-2)8-6-15/h5-8,13,16H,3-4,9-12H2,1-2H3,(H,21,24)/t16-/m0/s1. The molecule has 0 bridgehead atoms. The number of carbonyl (C=O) groups excluding carboxylic acids is 2. The SMILES string of the molecule is COc1ccc(C(=O)N2CCC[C@H](c3nc(CCNC(C)=O)cs3)C2)cc1. The van der Waals surface area contributed by atoms with Crippen molar-refractivity contribution in [3.05, 3.63) is 45.9 Å². The van der Waals surface area contributed by atoms with E-state index in [0.29, 0.717) is 18.7 Å². The van der Waals surface area contributed by atoms with Crippen molar-refractivity contribution >= 4 is 23.2 Å². The highest BCUT2D eigenvalue weighted by Crippen LogP contribution is 2.30. The zero-order valence-electron chi connectivity index (χ0n) is 15.7. The van der Waals surface area contributed by atoms with Gasteiger partial charge in [0.2, 0.25) is 5.91 Å². The molecular formula is C20H25N3O3S. The lowest BCUT2D eigenvalue weighted by atomic mass is 9.98. The number of hydrogen-bond acceptors (Lipinski definition) is 5. The maximum atomic E-state index is 12.8. The van der Waals surface area contributed by atoms with Crippen LogP contribution in [-0.4, -0.2) is 48.4 Å². The molecule has 0 radical (unpaired) electrons. The summed E-state index contributed by atoms with van der Waals surface area (Å²) in [5.41, 5.74) is 1.69. The summed E-state index contributed by atoms with van der Waals surface area (Å²) in [5.74, 6) is 1.06. The fourth-order valence-corrected chi connectivity index (χ4v) is 4.25. The van der Waals surface area contributed by atoms with Gasteiger partial charge in [0.05, 0.1) is 17.8 Å². The topological polar surface area (TPSA) is 71.5 Å². The van der Waals surface area contributed by atoms with Crippen LogP contribution in [0.2, 0.25) is 0 Å². The molecule has 2 amide bonds. The number of benzene rings is 1. The van der Waals surface area contributed by atoms with Crippen LogP contribution in [0, 0.1) is 0 Å². The number of ether oxygens (including phenoxy) is 1. The second-order valence-electron chi connectivity index (χ2n) is 6.73. The van der Waals surface area contributed by atoms with Gasteiger partial charge in [-0.15, -0.1) is 11.3 Å². The third-order valence-corrected chi connectivity index (χ3v) is 5.78. The van der Waals surface area contributed by atoms with E-state index in [0.717, 1.165) is 42.3 Å². The van der Waals surface area contributed by atoms with Gasteiger partial charge in [-0.1, -0.05) is 0 Å². The number of rotatable bonds is 6. The van der Waals surface area contributed by atoms with E-state index in [9.17, 15) is 9.59 Å². The summed E-state index contributed by atoms with van der Waals surface area (Å²) in [6, 6.07) is 7.26. The number of carbonyl (C=O) groups is 2. The van der Waals surface area contributed by atoms with E-state index in [2.05, 4.69) is 10.7 Å². The molecule has 1 aromatic heterocycles. The summed E-state index contributed by atoms with van der Waals surface area (Å²) < 4.78 is 5.16. The molecule has 1 N–H and O–H groups in total. The van der Waals surface area contributed by atoms with Crippen LogP contribution in [0.1, 0.15) is 46.7 Å². The minimum absolute atomic E-state index is 0.0228. The van der Waals surface area contributed by atoms with E-state index < -0.39 is 0 Å². The van der Waals surface area contributed by atoms with Crippen LogP contribution in [0.25, 0.3) is 0 Å². The van der Waals surface area contributed by atoms with Crippen LogP contribution in [-0.2, 0) is 11.2 Å². The molecule has 0 spiro atoms. The second-order valence-corrected chi connectivity index (χ2v) is 7.62. The first-order valence-corrected chi connectivity index (χ1v) is 10.1. The van der Waals surface area contributed by atoms with Crippen molar-refractivity contribution in [3.8, 4) is 5.75 Å². The predicted octanol–water partition coefficient (Wildman–Crippen LogP) is 2.85. The number of amides is 2. The fraction of sp³-hybridized carbons (Fsp3) is 0.450. The maximum Gasteiger partial charge on any atom is 0.253 e. The Morgan fingerprint density at radius 3 is 2.81 bits per heavy atom. The van der Waals surface area contributed by atoms with E-state index in [1.54, 1.807) is 18.4 Å². The van der Waals surface area contributed by atoms with Crippen LogP contribution in [0.15, 0.2) is 29.6 Å². The molecule has 2 heterocycles. The van der Waals surface area contributed by atoms with Crippen molar-refractivity contribution in [2.75, 3.05) is 26.7 Å². The molecule has 1 aromatic carbocycles. The summed E-state index contributed by atoms with van der Waals surface area (Å²) in [6.45, 7) is 3.60. The van der Waals surface area contributed by atoms with Gasteiger partial charge < -0.3 is 15.0 Å². The van der Waals surface area contributed by atoms with Crippen molar-refractivity contribution in [3.63, 3.8) is 0 Å². The van der Waals surface area contributed by atoms with E-state index in [1.165, 1.54) is 6.92 Å². The number of thiazole rings is 1. The highest BCUT2D eigenvalue weighted by Gasteiger charge is 2.27. The van der Waals surface area contributed by atoms with Crippen molar-refractivity contribution in [2.45, 2.75) is 32.1 Å². The van der Waals surface area contributed by atoms with E-state index >= 15 is 0 Å². The molecule has 3 rings (SSSR count). The van der Waals surface area contributed by atoms with Crippen LogP contribution in [0.3, 0.4) is 0 Å². The first-order chi connectivity index (χ1) is 13.1. The average Bonchev–Trinajstić information content (AvgIpc) is 3.16. The summed E-state index contributed by atoms with van der Waals surface area (Å²) >= 11 is 1.65. The summed E-state index contributed by atoms with van der Waals surface area (Å²) in [5, 5.41) is 5.94. The average molecular weight is 388 g/mol. The number of hydrogen-bond donors (Lipinski definition) is 1. The monoisotopic (exact) mass is 387 g/mol. The quantitative estimate of drug-likeness (QED) is 0.827. The van der Waals surface area contributed by atoms with Gasteiger partial charge in [-0.05, 0) is 37.1 Å². The number of likely N-dealkylation sites (tertiary alicyclic amines) is 1. The largest absolute Gasteiger partial charge is 0.497 e. The van der Waals surface area contributed by atoms with Gasteiger partial charge in [0.15, 0.2) is 0 Å². The first-order valence-electron chi connectivity index (χ1n) is 9.19. The summed E-state index contributed by atoms with van der Waals surface area (Å²) in [7, 11) is 1.62. The highest BCUT2D eigenvalue weighted by molar-refractivity contribution is 7.09. The smallest absolute Gasteiger partial charge is 0.253 e. The molecule has 144 valence electrons. The van der Waals surface area contributed by atoms with Crippen LogP contribution < -0.4 is 10.1 Å². The third kappa shape index (κ3) is 5.07. The van der Waals surface area contributed by atoms with Crippen molar-refractivity contribution < 1.29 is 14.3 Å². The lowest BCUT2D eigenvalue weighted by Crippen LogP contribution is -2.39. The molecule has 2 aromatic rings. The zero-order chi connectivity index (χ0) is 19.2. The molecule has 0 unspecified atom stereocenters. The Morgan fingerprint density at radius 1 is 1.33 bits per heavy atom. The molecule has 1 atom stereocenters. The van der Waals surface area contributed by atoms with Gasteiger partial charge in [0.25, 0.3) is 5.91 Å². The Hall–Kier alpha value is -2.41. The molecule has 6 nitrogen and oxygen atoms in total. The number of piperidine rings is 1. The fourth-order valence-electron chi connectivity index (χ4n) is 3.27. The van der Waals surface area contributed by atoms with Crippen molar-refractivity contribution in [1.82, 2.24) is 15.2 Å². The zero-order valence-corrected chi connectivity index (χ0v) is 16.6. The lowest BCUT2D eigenvalue weighted by Gasteiger charge is -2.32. The molecule has 1 aliphatic heterocycles. The maximum absolute atomic E-state index is 12.8. The molecule has 0 saturated carbocycles. The van der Waals surface area contributed by atoms with Gasteiger partial charge in [-0.3, -0.25) is 9.59 Å². The van der Waals surface area contributed by atoms with Gasteiger partial charge in [-0.25, -0.2) is 4.98 Å². The van der Waals surface area contributed by atoms with Gasteiger partial charge >= 0.3 is 0 Å². The highest BCUT2D eigenvalue weighted by atomic mass is 32.1. The Morgan fingerprint density at radius 2 is 2.11 bits per heavy atom. The normalized spacial score (nSPS) is 16.8. The van der Waals surface area contributed by atoms with Gasteiger partial charge in [0.1, 0.15) is 5.75 Å². The minimum atomic E-state index is -0.0228. The summed E-state index contributed by atoms with van der Waals surface area (Å²) in [4.78, 5) is 30.4. The first kappa shape index (κ1) is 19.4. The Bertz CT molecular complexity index is 788. The molecule has 27 heavy (non-hydrogen) atoms. The van der Waals surface area contributed by atoms with Crippen molar-refractivity contribution in [1.29, 1.82) is 0 Å². The van der Waals surface area contributed by atoms with Crippen LogP contribution >= 0.6 is 11.3 Å². The molecule has 1 aliphatic rings. The van der Waals surface area contributed by atoms with E-state index in [1.807, 2.05) is 29.2 Å². The van der Waals surface area contributed by atoms with Crippen LogP contribution in [0.4, 0.5) is 0 Å². The second kappa shape index (κ2) is 8.99. The molecule has 1 fully saturated rings. The number of nitrogens with one attached hydrogen (secondary N) is 1. The molecule has 0 aliphatic carbocycles. The number of nitrogens with zero attached hydrogens (tertiary/aromatic N) is 2. The number of aromatic nitrogens is 1. The van der Waals surface area contributed by atoms with E-state index in [4.69, 9.17) is 9.72 Å². The molecule has 7 heteroatoms. The molecule has 1 saturated heterocycles.